The maximum Gasteiger partial charge on any atom is 0.175 e. The van der Waals surface area contributed by atoms with Gasteiger partial charge in [-0.15, -0.1) is 11.8 Å². The second kappa shape index (κ2) is 8.91. The number of halogens is 2. The zero-order chi connectivity index (χ0) is 21.0. The van der Waals surface area contributed by atoms with E-state index in [1.54, 1.807) is 30.0 Å². The molecular weight excluding hydrogens is 386 g/mol. The number of hydrogen-bond acceptors (Lipinski definition) is 2. The normalized spacial score (nSPS) is 17.9. The summed E-state index contributed by atoms with van der Waals surface area (Å²) in [5.74, 6) is 0.286. The predicted molar refractivity (Wildman–Crippen MR) is 116 cm³/mol. The van der Waals surface area contributed by atoms with E-state index in [-0.39, 0.29) is 17.4 Å². The Bertz CT molecular complexity index is 1030. The number of carbonyl (C=O) groups is 1. The van der Waals surface area contributed by atoms with Gasteiger partial charge >= 0.3 is 0 Å². The minimum Gasteiger partial charge on any atom is -0.293 e. The molecule has 0 amide bonds. The van der Waals surface area contributed by atoms with Crippen LogP contribution in [-0.2, 0) is 11.8 Å². The summed E-state index contributed by atoms with van der Waals surface area (Å²) in [7, 11) is 0. The van der Waals surface area contributed by atoms with Gasteiger partial charge in [0.25, 0.3) is 0 Å². The number of benzene rings is 3. The molecule has 29 heavy (non-hydrogen) atoms. The number of rotatable bonds is 2. The molecule has 3 aromatic rings. The van der Waals surface area contributed by atoms with Gasteiger partial charge < -0.3 is 0 Å². The minimum absolute atomic E-state index is 0.0804. The molecule has 0 saturated heterocycles. The van der Waals surface area contributed by atoms with Crippen LogP contribution in [0.25, 0.3) is 0 Å². The fourth-order valence-electron chi connectivity index (χ4n) is 3.32. The van der Waals surface area contributed by atoms with E-state index in [0.29, 0.717) is 5.75 Å². The molecule has 150 valence electrons. The number of hydrogen-bond donors (Lipinski definition) is 0. The summed E-state index contributed by atoms with van der Waals surface area (Å²) in [6.07, 6.45) is 0.901. The summed E-state index contributed by atoms with van der Waals surface area (Å²) in [4.78, 5) is 13.9. The average Bonchev–Trinajstić information content (AvgIpc) is 2.71. The molecule has 1 heterocycles. The Morgan fingerprint density at radius 2 is 1.66 bits per heavy atom. The van der Waals surface area contributed by atoms with E-state index in [9.17, 15) is 13.6 Å². The molecule has 0 N–H and O–H groups in total. The van der Waals surface area contributed by atoms with Crippen LogP contribution in [0.2, 0.25) is 0 Å². The summed E-state index contributed by atoms with van der Waals surface area (Å²) in [6, 6.07) is 18.9. The van der Waals surface area contributed by atoms with Crippen molar-refractivity contribution in [3.63, 3.8) is 0 Å². The topological polar surface area (TPSA) is 17.1 Å². The van der Waals surface area contributed by atoms with Crippen molar-refractivity contribution in [3.05, 3.63) is 101 Å². The minimum atomic E-state index is -0.658. The SMILES string of the molecule is CCc1cccc(F)c1.Cc1ccc2c(c1)SCC(C)(c1cccc(F)c1)C2=O. The highest BCUT2D eigenvalue weighted by Gasteiger charge is 2.40. The van der Waals surface area contributed by atoms with Gasteiger partial charge in [-0.2, -0.15) is 0 Å². The zero-order valence-electron chi connectivity index (χ0n) is 16.8. The van der Waals surface area contributed by atoms with Gasteiger partial charge in [0.05, 0.1) is 5.41 Å². The van der Waals surface area contributed by atoms with Crippen molar-refractivity contribution >= 4 is 17.5 Å². The molecule has 0 bridgehead atoms. The summed E-state index contributed by atoms with van der Waals surface area (Å²) >= 11 is 1.67. The van der Waals surface area contributed by atoms with Crippen LogP contribution in [0.1, 0.15) is 40.9 Å². The molecule has 0 aliphatic carbocycles. The fourth-order valence-corrected chi connectivity index (χ4v) is 4.65. The highest BCUT2D eigenvalue weighted by atomic mass is 32.2. The van der Waals surface area contributed by atoms with Crippen LogP contribution in [0.15, 0.2) is 71.6 Å². The number of carbonyl (C=O) groups excluding carboxylic acids is 1. The molecule has 3 aromatic carbocycles. The molecule has 4 heteroatoms. The first-order valence-corrected chi connectivity index (χ1v) is 10.6. The third-order valence-electron chi connectivity index (χ3n) is 5.16. The monoisotopic (exact) mass is 410 g/mol. The van der Waals surface area contributed by atoms with E-state index >= 15 is 0 Å². The Morgan fingerprint density at radius 3 is 2.28 bits per heavy atom. The van der Waals surface area contributed by atoms with E-state index in [0.717, 1.165) is 33.6 Å². The van der Waals surface area contributed by atoms with Crippen molar-refractivity contribution in [1.29, 1.82) is 0 Å². The van der Waals surface area contributed by atoms with E-state index in [1.165, 1.54) is 18.2 Å². The number of thioether (sulfide) groups is 1. The van der Waals surface area contributed by atoms with Crippen molar-refractivity contribution in [2.45, 2.75) is 37.5 Å². The molecule has 0 spiro atoms. The van der Waals surface area contributed by atoms with Crippen LogP contribution in [0.5, 0.6) is 0 Å². The lowest BCUT2D eigenvalue weighted by Crippen LogP contribution is -2.38. The van der Waals surface area contributed by atoms with Crippen molar-refractivity contribution in [2.24, 2.45) is 0 Å². The van der Waals surface area contributed by atoms with Gasteiger partial charge in [-0.05, 0) is 73.4 Å². The molecule has 1 aliphatic heterocycles. The Labute approximate surface area is 175 Å². The Hall–Kier alpha value is -2.46. The second-order valence-corrected chi connectivity index (χ2v) is 8.46. The van der Waals surface area contributed by atoms with E-state index in [4.69, 9.17) is 0 Å². The number of ketones is 1. The van der Waals surface area contributed by atoms with Crippen LogP contribution in [0.4, 0.5) is 8.78 Å². The Kier molecular flexibility index (Phi) is 6.53. The predicted octanol–water partition coefficient (Wildman–Crippen LogP) is 6.77. The number of fused-ring (bicyclic) bond motifs is 1. The lowest BCUT2D eigenvalue weighted by molar-refractivity contribution is 0.0905. The van der Waals surface area contributed by atoms with Gasteiger partial charge in [0.1, 0.15) is 11.6 Å². The maximum atomic E-state index is 13.4. The molecule has 0 saturated carbocycles. The number of aryl methyl sites for hydroxylation is 2. The largest absolute Gasteiger partial charge is 0.293 e. The van der Waals surface area contributed by atoms with E-state index in [1.807, 2.05) is 51.1 Å². The molecule has 0 radical (unpaired) electrons. The average molecular weight is 411 g/mol. The number of Topliss-reactive ketones (excluding diaryl/α,β-unsaturated/α-hetero) is 1. The van der Waals surface area contributed by atoms with Crippen molar-refractivity contribution < 1.29 is 13.6 Å². The van der Waals surface area contributed by atoms with Crippen molar-refractivity contribution in [1.82, 2.24) is 0 Å². The van der Waals surface area contributed by atoms with Crippen LogP contribution >= 0.6 is 11.8 Å². The first kappa shape index (κ1) is 21.3. The second-order valence-electron chi connectivity index (χ2n) is 7.44. The Balaban J connectivity index is 0.000000224. The molecular formula is C25H24F2OS. The summed E-state index contributed by atoms with van der Waals surface area (Å²) in [5, 5.41) is 0. The smallest absolute Gasteiger partial charge is 0.175 e. The summed E-state index contributed by atoms with van der Waals surface area (Å²) in [5.41, 5.74) is 3.04. The van der Waals surface area contributed by atoms with E-state index < -0.39 is 5.41 Å². The molecule has 1 aliphatic rings. The first-order chi connectivity index (χ1) is 13.8. The molecule has 1 atom stereocenters. The molecule has 4 rings (SSSR count). The lowest BCUT2D eigenvalue weighted by Gasteiger charge is -2.33. The van der Waals surface area contributed by atoms with Gasteiger partial charge in [-0.1, -0.05) is 37.3 Å². The third kappa shape index (κ3) is 4.76. The highest BCUT2D eigenvalue weighted by Crippen LogP contribution is 2.42. The zero-order valence-corrected chi connectivity index (χ0v) is 17.7. The maximum absolute atomic E-state index is 13.4. The van der Waals surface area contributed by atoms with Crippen molar-refractivity contribution in [3.8, 4) is 0 Å². The van der Waals surface area contributed by atoms with Crippen LogP contribution in [0.3, 0.4) is 0 Å². The first-order valence-electron chi connectivity index (χ1n) is 9.62. The summed E-state index contributed by atoms with van der Waals surface area (Å²) in [6.45, 7) is 5.93. The quantitative estimate of drug-likeness (QED) is 0.464. The lowest BCUT2D eigenvalue weighted by atomic mass is 9.77. The third-order valence-corrected chi connectivity index (χ3v) is 6.53. The van der Waals surface area contributed by atoms with Gasteiger partial charge in [0.2, 0.25) is 0 Å². The van der Waals surface area contributed by atoms with Crippen molar-refractivity contribution in [2.75, 3.05) is 5.75 Å². The summed E-state index contributed by atoms with van der Waals surface area (Å²) < 4.78 is 25.8. The molecule has 0 fully saturated rings. The molecule has 1 nitrogen and oxygen atoms in total. The van der Waals surface area contributed by atoms with Crippen LogP contribution < -0.4 is 0 Å². The molecule has 0 aromatic heterocycles. The van der Waals surface area contributed by atoms with Crippen LogP contribution in [0, 0.1) is 18.6 Å². The van der Waals surface area contributed by atoms with E-state index in [2.05, 4.69) is 0 Å². The van der Waals surface area contributed by atoms with Crippen LogP contribution in [-0.4, -0.2) is 11.5 Å². The standard InChI is InChI=1S/C17H15FOS.C8H9F/c1-11-6-7-14-15(8-11)20-10-17(2,16(14)19)12-4-3-5-13(18)9-12;1-2-7-4-3-5-8(9)6-7/h3-9H,10H2,1-2H3;3-6H,2H2,1H3. The van der Waals surface area contributed by atoms with Gasteiger partial charge in [0.15, 0.2) is 5.78 Å². The molecule has 1 unspecified atom stereocenters. The van der Waals surface area contributed by atoms with Gasteiger partial charge in [-0.25, -0.2) is 8.78 Å². The van der Waals surface area contributed by atoms with Gasteiger partial charge in [0, 0.05) is 16.2 Å². The Morgan fingerprint density at radius 1 is 0.966 bits per heavy atom. The highest BCUT2D eigenvalue weighted by molar-refractivity contribution is 7.99. The fraction of sp³-hybridized carbons (Fsp3) is 0.240. The van der Waals surface area contributed by atoms with Gasteiger partial charge in [-0.3, -0.25) is 4.79 Å².